The monoisotopic (exact) mass is 450 g/mol. The van der Waals surface area contributed by atoms with Crippen LogP contribution in [0, 0.1) is 12.8 Å². The summed E-state index contributed by atoms with van der Waals surface area (Å²) >= 11 is 5.39. The van der Waals surface area contributed by atoms with Gasteiger partial charge < -0.3 is 15.4 Å². The predicted octanol–water partition coefficient (Wildman–Crippen LogP) is 7.24. The molecule has 1 heterocycles. The van der Waals surface area contributed by atoms with Gasteiger partial charge in [-0.25, -0.2) is 0 Å². The van der Waals surface area contributed by atoms with E-state index >= 15 is 0 Å². The molecule has 1 unspecified atom stereocenters. The molecular formula is C22H34ClF3N2O2. The first-order chi connectivity index (χ1) is 14.0. The summed E-state index contributed by atoms with van der Waals surface area (Å²) in [6.45, 7) is 10.3. The van der Waals surface area contributed by atoms with Crippen LogP contribution in [0.1, 0.15) is 76.1 Å². The minimum Gasteiger partial charge on any atom is -0.397 e. The average molecular weight is 451 g/mol. The van der Waals surface area contributed by atoms with E-state index in [1.807, 2.05) is 6.07 Å². The molecule has 0 spiro atoms. The topological polar surface area (TPSA) is 72.3 Å². The smallest absolute Gasteiger partial charge is 0.397 e. The van der Waals surface area contributed by atoms with Crippen molar-refractivity contribution < 1.29 is 22.8 Å². The Hall–Kier alpha value is -1.73. The molecule has 172 valence electrons. The van der Waals surface area contributed by atoms with Crippen molar-refractivity contribution in [3.05, 3.63) is 46.1 Å². The SMILES string of the molecule is CCCC(CCC(C)C)c1cc(N)on1.CCO.Cc1ccc(C(F)(F)F)c(Cl)c1. The summed E-state index contributed by atoms with van der Waals surface area (Å²) in [5, 5.41) is 11.3. The number of aromatic nitrogens is 1. The second-order valence-corrected chi connectivity index (χ2v) is 7.82. The summed E-state index contributed by atoms with van der Waals surface area (Å²) in [6.07, 6.45) is 0.397. The van der Waals surface area contributed by atoms with Gasteiger partial charge in [0.15, 0.2) is 0 Å². The lowest BCUT2D eigenvalue weighted by atomic mass is 9.91. The first-order valence-electron chi connectivity index (χ1n) is 10.1. The van der Waals surface area contributed by atoms with Crippen molar-refractivity contribution in [2.45, 2.75) is 72.4 Å². The van der Waals surface area contributed by atoms with E-state index in [1.165, 1.54) is 37.8 Å². The fourth-order valence-electron chi connectivity index (χ4n) is 2.67. The van der Waals surface area contributed by atoms with Crippen LogP contribution in [0.2, 0.25) is 5.02 Å². The van der Waals surface area contributed by atoms with Crippen molar-refractivity contribution >= 4 is 17.5 Å². The Labute approximate surface area is 182 Å². The molecule has 3 N–H and O–H groups in total. The predicted molar refractivity (Wildman–Crippen MR) is 117 cm³/mol. The molecule has 8 heteroatoms. The summed E-state index contributed by atoms with van der Waals surface area (Å²) in [7, 11) is 0. The molecule has 1 aromatic carbocycles. The van der Waals surface area contributed by atoms with Crippen molar-refractivity contribution in [1.82, 2.24) is 5.16 Å². The minimum atomic E-state index is -4.36. The molecule has 0 aliphatic carbocycles. The number of nitrogens with two attached hydrogens (primary N) is 1. The van der Waals surface area contributed by atoms with E-state index in [2.05, 4.69) is 25.9 Å². The molecular weight excluding hydrogens is 417 g/mol. The normalized spacial score (nSPS) is 12.0. The van der Waals surface area contributed by atoms with Gasteiger partial charge in [0.05, 0.1) is 16.3 Å². The Kier molecular flexibility index (Phi) is 13.5. The molecule has 0 radical (unpaired) electrons. The molecule has 0 fully saturated rings. The zero-order valence-corrected chi connectivity index (χ0v) is 19.1. The van der Waals surface area contributed by atoms with Crippen LogP contribution >= 0.6 is 11.6 Å². The van der Waals surface area contributed by atoms with Crippen LogP contribution in [-0.4, -0.2) is 16.9 Å². The van der Waals surface area contributed by atoms with Crippen molar-refractivity contribution in [2.75, 3.05) is 12.3 Å². The van der Waals surface area contributed by atoms with Crippen LogP contribution in [0.3, 0.4) is 0 Å². The highest BCUT2D eigenvalue weighted by atomic mass is 35.5. The zero-order valence-electron chi connectivity index (χ0n) is 18.4. The van der Waals surface area contributed by atoms with Crippen LogP contribution in [-0.2, 0) is 6.18 Å². The van der Waals surface area contributed by atoms with Gasteiger partial charge in [0.2, 0.25) is 5.88 Å². The number of hydrogen-bond donors (Lipinski definition) is 2. The number of benzene rings is 1. The number of anilines is 1. The Balaban J connectivity index is 0.000000505. The van der Waals surface area contributed by atoms with Gasteiger partial charge in [0.1, 0.15) is 0 Å². The highest BCUT2D eigenvalue weighted by Crippen LogP contribution is 2.34. The van der Waals surface area contributed by atoms with Crippen LogP contribution in [0.15, 0.2) is 28.8 Å². The second kappa shape index (κ2) is 14.3. The quantitative estimate of drug-likeness (QED) is 0.486. The van der Waals surface area contributed by atoms with Gasteiger partial charge >= 0.3 is 6.18 Å². The number of aliphatic hydroxyl groups excluding tert-OH is 1. The van der Waals surface area contributed by atoms with E-state index in [-0.39, 0.29) is 11.6 Å². The molecule has 1 aromatic heterocycles. The van der Waals surface area contributed by atoms with Crippen LogP contribution in [0.5, 0.6) is 0 Å². The lowest BCUT2D eigenvalue weighted by molar-refractivity contribution is -0.137. The molecule has 0 amide bonds. The summed E-state index contributed by atoms with van der Waals surface area (Å²) in [5.74, 6) is 1.68. The van der Waals surface area contributed by atoms with Crippen molar-refractivity contribution in [1.29, 1.82) is 0 Å². The largest absolute Gasteiger partial charge is 0.417 e. The molecule has 0 bridgehead atoms. The number of nitrogen functional groups attached to an aromatic ring is 1. The van der Waals surface area contributed by atoms with E-state index in [9.17, 15) is 13.2 Å². The summed E-state index contributed by atoms with van der Waals surface area (Å²) in [6, 6.07) is 5.53. The summed E-state index contributed by atoms with van der Waals surface area (Å²) in [4.78, 5) is 0. The fraction of sp³-hybridized carbons (Fsp3) is 0.591. The Morgan fingerprint density at radius 1 is 1.13 bits per heavy atom. The third-order valence-electron chi connectivity index (χ3n) is 4.12. The van der Waals surface area contributed by atoms with Gasteiger partial charge in [-0.1, -0.05) is 56.4 Å². The van der Waals surface area contributed by atoms with Crippen molar-refractivity contribution in [3.8, 4) is 0 Å². The third kappa shape index (κ3) is 11.5. The molecule has 0 saturated heterocycles. The number of aliphatic hydroxyl groups is 1. The third-order valence-corrected chi connectivity index (χ3v) is 4.44. The molecule has 2 rings (SSSR count). The zero-order chi connectivity index (χ0) is 23.3. The maximum Gasteiger partial charge on any atom is 0.417 e. The molecule has 0 aliphatic rings. The van der Waals surface area contributed by atoms with Gasteiger partial charge in [-0.05, 0) is 50.3 Å². The number of alkyl halides is 3. The van der Waals surface area contributed by atoms with Gasteiger partial charge in [0, 0.05) is 18.6 Å². The van der Waals surface area contributed by atoms with Crippen LogP contribution in [0.25, 0.3) is 0 Å². The van der Waals surface area contributed by atoms with Gasteiger partial charge in [0.25, 0.3) is 0 Å². The van der Waals surface area contributed by atoms with Gasteiger partial charge in [-0.15, -0.1) is 0 Å². The fourth-order valence-corrected chi connectivity index (χ4v) is 3.01. The highest BCUT2D eigenvalue weighted by molar-refractivity contribution is 6.31. The Bertz CT molecular complexity index is 719. The maximum absolute atomic E-state index is 12.1. The number of aryl methyl sites for hydroxylation is 1. The minimum absolute atomic E-state index is 0.248. The number of rotatable bonds is 6. The number of hydrogen-bond acceptors (Lipinski definition) is 4. The lowest BCUT2D eigenvalue weighted by Crippen LogP contribution is -2.05. The molecule has 4 nitrogen and oxygen atoms in total. The highest BCUT2D eigenvalue weighted by Gasteiger charge is 2.32. The van der Waals surface area contributed by atoms with Crippen molar-refractivity contribution in [3.63, 3.8) is 0 Å². The molecule has 1 atom stereocenters. The van der Waals surface area contributed by atoms with E-state index in [1.54, 1.807) is 13.8 Å². The summed E-state index contributed by atoms with van der Waals surface area (Å²) < 4.78 is 41.2. The standard InChI is InChI=1S/C12H22N2O.C8H6ClF3.C2H6O/c1-4-5-10(7-6-9(2)3)11-8-12(13)15-14-11;1-5-2-3-6(7(9)4-5)8(10,11)12;1-2-3/h8-10H,4-7,13H2,1-3H3;2-4H,1H3;3H,2H2,1H3. The van der Waals surface area contributed by atoms with Crippen molar-refractivity contribution in [2.24, 2.45) is 5.92 Å². The van der Waals surface area contributed by atoms with Gasteiger partial charge in [-0.2, -0.15) is 13.2 Å². The average Bonchev–Trinajstić information content (AvgIpc) is 3.04. The molecule has 0 saturated carbocycles. The molecule has 0 aliphatic heterocycles. The first kappa shape index (κ1) is 28.3. The van der Waals surface area contributed by atoms with E-state index in [0.717, 1.165) is 17.7 Å². The number of nitrogens with zero attached hydrogens (tertiary/aromatic N) is 1. The van der Waals surface area contributed by atoms with E-state index in [0.29, 0.717) is 17.4 Å². The Morgan fingerprint density at radius 3 is 2.13 bits per heavy atom. The molecule has 30 heavy (non-hydrogen) atoms. The van der Waals surface area contributed by atoms with Gasteiger partial charge in [-0.3, -0.25) is 0 Å². The maximum atomic E-state index is 12.1. The molecule has 2 aromatic rings. The lowest BCUT2D eigenvalue weighted by Gasteiger charge is -2.14. The summed E-state index contributed by atoms with van der Waals surface area (Å²) in [5.41, 5.74) is 6.50. The van der Waals surface area contributed by atoms with E-state index < -0.39 is 11.7 Å². The Morgan fingerprint density at radius 2 is 1.73 bits per heavy atom. The van der Waals surface area contributed by atoms with E-state index in [4.69, 9.17) is 27.0 Å². The first-order valence-corrected chi connectivity index (χ1v) is 10.5. The second-order valence-electron chi connectivity index (χ2n) is 7.41. The number of halogens is 4. The van der Waals surface area contributed by atoms with Crippen LogP contribution < -0.4 is 5.73 Å². The van der Waals surface area contributed by atoms with Crippen LogP contribution in [0.4, 0.5) is 19.1 Å².